The van der Waals surface area contributed by atoms with Gasteiger partial charge in [-0.3, -0.25) is 4.79 Å². The molecule has 8 heteroatoms. The van der Waals surface area contributed by atoms with Gasteiger partial charge in [0.15, 0.2) is 6.61 Å². The summed E-state index contributed by atoms with van der Waals surface area (Å²) >= 11 is 0. The number of carbonyl (C=O) groups excluding carboxylic acids is 1. The van der Waals surface area contributed by atoms with Crippen molar-refractivity contribution in [1.82, 2.24) is 4.72 Å². The summed E-state index contributed by atoms with van der Waals surface area (Å²) in [7, 11) is -2.10. The number of anilines is 1. The van der Waals surface area contributed by atoms with Crippen molar-refractivity contribution in [3.8, 4) is 5.75 Å². The number of nitrogens with one attached hydrogen (secondary N) is 2. The highest BCUT2D eigenvalue weighted by molar-refractivity contribution is 7.89. The highest BCUT2D eigenvalue weighted by atomic mass is 32.2. The summed E-state index contributed by atoms with van der Waals surface area (Å²) < 4.78 is 36.8. The average Bonchev–Trinajstić information content (AvgIpc) is 2.63. The van der Waals surface area contributed by atoms with Crippen LogP contribution in [0.4, 0.5) is 5.69 Å². The molecule has 2 aromatic rings. The van der Waals surface area contributed by atoms with E-state index in [-0.39, 0.29) is 30.6 Å². The number of ether oxygens (including phenoxy) is 2. The van der Waals surface area contributed by atoms with E-state index in [2.05, 4.69) is 10.0 Å². The molecule has 0 fully saturated rings. The van der Waals surface area contributed by atoms with Gasteiger partial charge in [0.25, 0.3) is 5.91 Å². The highest BCUT2D eigenvalue weighted by Crippen LogP contribution is 2.18. The Kier molecular flexibility index (Phi) is 7.35. The van der Waals surface area contributed by atoms with E-state index in [1.807, 2.05) is 32.0 Å². The summed E-state index contributed by atoms with van der Waals surface area (Å²) in [5, 5.41) is 2.80. The van der Waals surface area contributed by atoms with Crippen LogP contribution >= 0.6 is 0 Å². The number of sulfonamides is 1. The first kappa shape index (κ1) is 20.9. The predicted octanol–water partition coefficient (Wildman–Crippen LogP) is 2.25. The molecule has 0 aliphatic rings. The van der Waals surface area contributed by atoms with Crippen molar-refractivity contribution in [3.05, 3.63) is 53.6 Å². The number of carbonyl (C=O) groups is 1. The third-order valence-corrected chi connectivity index (χ3v) is 5.25. The maximum atomic E-state index is 12.1. The van der Waals surface area contributed by atoms with Gasteiger partial charge in [0.05, 0.1) is 11.5 Å². The van der Waals surface area contributed by atoms with Gasteiger partial charge in [-0.05, 0) is 55.3 Å². The number of rotatable bonds is 9. The fraction of sp³-hybridized carbons (Fsp3) is 0.316. The molecular weight excluding hydrogens is 368 g/mol. The summed E-state index contributed by atoms with van der Waals surface area (Å²) in [5.74, 6) is 0.114. The van der Waals surface area contributed by atoms with Crippen LogP contribution in [0.1, 0.15) is 11.1 Å². The summed E-state index contributed by atoms with van der Waals surface area (Å²) in [5.41, 5.74) is 2.75. The minimum absolute atomic E-state index is 0.116. The number of hydrogen-bond donors (Lipinski definition) is 2. The van der Waals surface area contributed by atoms with E-state index in [0.29, 0.717) is 5.75 Å². The van der Waals surface area contributed by atoms with Gasteiger partial charge < -0.3 is 14.8 Å². The predicted molar refractivity (Wildman–Crippen MR) is 104 cm³/mol. The molecule has 2 N–H and O–H groups in total. The van der Waals surface area contributed by atoms with E-state index in [0.717, 1.165) is 16.8 Å². The normalized spacial score (nSPS) is 11.2. The van der Waals surface area contributed by atoms with E-state index in [1.54, 1.807) is 0 Å². The fourth-order valence-electron chi connectivity index (χ4n) is 2.28. The lowest BCUT2D eigenvalue weighted by Gasteiger charge is -2.11. The molecule has 0 atom stereocenters. The maximum Gasteiger partial charge on any atom is 0.262 e. The Morgan fingerprint density at radius 1 is 1.07 bits per heavy atom. The minimum atomic E-state index is -3.59. The van der Waals surface area contributed by atoms with Gasteiger partial charge in [-0.25, -0.2) is 13.1 Å². The first-order chi connectivity index (χ1) is 12.8. The zero-order chi connectivity index (χ0) is 19.9. The molecule has 0 saturated carbocycles. The molecule has 0 aliphatic carbocycles. The van der Waals surface area contributed by atoms with E-state index in [9.17, 15) is 13.2 Å². The van der Waals surface area contributed by atoms with Crippen molar-refractivity contribution >= 4 is 21.6 Å². The third kappa shape index (κ3) is 6.35. The van der Waals surface area contributed by atoms with Crippen LogP contribution < -0.4 is 14.8 Å². The Morgan fingerprint density at radius 3 is 2.44 bits per heavy atom. The molecule has 0 heterocycles. The first-order valence-corrected chi connectivity index (χ1v) is 9.89. The van der Waals surface area contributed by atoms with Crippen molar-refractivity contribution < 1.29 is 22.7 Å². The van der Waals surface area contributed by atoms with E-state index < -0.39 is 10.0 Å². The Labute approximate surface area is 159 Å². The van der Waals surface area contributed by atoms with Crippen molar-refractivity contribution in [2.45, 2.75) is 18.7 Å². The second-order valence-electron chi connectivity index (χ2n) is 6.02. The molecule has 0 bridgehead atoms. The maximum absolute atomic E-state index is 12.1. The van der Waals surface area contributed by atoms with Crippen molar-refractivity contribution in [3.63, 3.8) is 0 Å². The van der Waals surface area contributed by atoms with Crippen molar-refractivity contribution in [2.75, 3.05) is 32.2 Å². The SMILES string of the molecule is COCCNS(=O)(=O)c1ccc(OCC(=O)Nc2cc(C)ccc2C)cc1. The molecule has 27 heavy (non-hydrogen) atoms. The van der Waals surface area contributed by atoms with E-state index >= 15 is 0 Å². The summed E-state index contributed by atoms with van der Waals surface area (Å²) in [6, 6.07) is 11.7. The van der Waals surface area contributed by atoms with Crippen molar-refractivity contribution in [1.29, 1.82) is 0 Å². The van der Waals surface area contributed by atoms with E-state index in [1.165, 1.54) is 31.4 Å². The number of amides is 1. The fourth-order valence-corrected chi connectivity index (χ4v) is 3.30. The summed E-state index contributed by atoms with van der Waals surface area (Å²) in [4.78, 5) is 12.2. The van der Waals surface area contributed by atoms with Crippen LogP contribution in [-0.4, -0.2) is 41.2 Å². The van der Waals surface area contributed by atoms with Crippen LogP contribution in [0.15, 0.2) is 47.4 Å². The topological polar surface area (TPSA) is 93.7 Å². The molecule has 0 aromatic heterocycles. The quantitative estimate of drug-likeness (QED) is 0.639. The average molecular weight is 392 g/mol. The molecule has 1 amide bonds. The summed E-state index contributed by atoms with van der Waals surface area (Å²) in [6.07, 6.45) is 0. The molecule has 0 saturated heterocycles. The zero-order valence-electron chi connectivity index (χ0n) is 15.6. The third-order valence-electron chi connectivity index (χ3n) is 3.77. The molecule has 2 rings (SSSR count). The van der Waals surface area contributed by atoms with Crippen molar-refractivity contribution in [2.24, 2.45) is 0 Å². The largest absolute Gasteiger partial charge is 0.484 e. The Morgan fingerprint density at radius 2 is 1.78 bits per heavy atom. The van der Waals surface area contributed by atoms with Gasteiger partial charge in [-0.2, -0.15) is 0 Å². The number of benzene rings is 2. The standard InChI is InChI=1S/C19H24N2O5S/c1-14-4-5-15(2)18(12-14)21-19(22)13-26-16-6-8-17(9-7-16)27(23,24)20-10-11-25-3/h4-9,12,20H,10-11,13H2,1-3H3,(H,21,22). The van der Waals surface area contributed by atoms with Gasteiger partial charge in [-0.1, -0.05) is 12.1 Å². The van der Waals surface area contributed by atoms with Gasteiger partial charge in [0, 0.05) is 19.3 Å². The van der Waals surface area contributed by atoms with Gasteiger partial charge in [0.1, 0.15) is 5.75 Å². The molecule has 0 aliphatic heterocycles. The lowest BCUT2D eigenvalue weighted by Crippen LogP contribution is -2.27. The molecule has 2 aromatic carbocycles. The van der Waals surface area contributed by atoms with Crippen LogP contribution in [0.3, 0.4) is 0 Å². The monoisotopic (exact) mass is 392 g/mol. The Hall–Kier alpha value is -2.42. The number of methoxy groups -OCH3 is 1. The second kappa shape index (κ2) is 9.50. The molecule has 0 radical (unpaired) electrons. The van der Waals surface area contributed by atoms with Crippen LogP contribution in [-0.2, 0) is 19.6 Å². The molecule has 7 nitrogen and oxygen atoms in total. The van der Waals surface area contributed by atoms with E-state index in [4.69, 9.17) is 9.47 Å². The lowest BCUT2D eigenvalue weighted by molar-refractivity contribution is -0.118. The number of aryl methyl sites for hydroxylation is 2. The molecular formula is C19H24N2O5S. The van der Waals surface area contributed by atoms with Crippen LogP contribution in [0.5, 0.6) is 5.75 Å². The first-order valence-electron chi connectivity index (χ1n) is 8.40. The molecule has 0 unspecified atom stereocenters. The lowest BCUT2D eigenvalue weighted by atomic mass is 10.1. The van der Waals surface area contributed by atoms with Gasteiger partial charge in [-0.15, -0.1) is 0 Å². The minimum Gasteiger partial charge on any atom is -0.484 e. The zero-order valence-corrected chi connectivity index (χ0v) is 16.4. The van der Waals surface area contributed by atoms with Gasteiger partial charge in [0.2, 0.25) is 10.0 Å². The second-order valence-corrected chi connectivity index (χ2v) is 7.78. The van der Waals surface area contributed by atoms with Crippen LogP contribution in [0.25, 0.3) is 0 Å². The highest BCUT2D eigenvalue weighted by Gasteiger charge is 2.13. The molecule has 146 valence electrons. The Balaban J connectivity index is 1.91. The van der Waals surface area contributed by atoms with Gasteiger partial charge >= 0.3 is 0 Å². The van der Waals surface area contributed by atoms with Crippen LogP contribution in [0.2, 0.25) is 0 Å². The smallest absolute Gasteiger partial charge is 0.262 e. The Bertz CT molecular complexity index is 879. The molecule has 0 spiro atoms. The van der Waals surface area contributed by atoms with Crippen LogP contribution in [0, 0.1) is 13.8 Å². The summed E-state index contributed by atoms with van der Waals surface area (Å²) in [6.45, 7) is 4.16. The number of hydrogen-bond acceptors (Lipinski definition) is 5.